The molecule has 68 heavy (non-hydrogen) atoms. The predicted octanol–water partition coefficient (Wildman–Crippen LogP) is 19.0. The van der Waals surface area contributed by atoms with Crippen molar-refractivity contribution in [2.24, 2.45) is 0 Å². The number of carbonyl (C=O) groups excluding carboxylic acids is 2. The molecule has 0 aromatic heterocycles. The maximum Gasteiger partial charge on any atom is 0.305 e. The Labute approximate surface area is 424 Å². The molecule has 0 aliphatic rings. The third-order valence-corrected chi connectivity index (χ3v) is 14.3. The topological polar surface area (TPSA) is 95.9 Å². The molecule has 0 aliphatic heterocycles. The van der Waals surface area contributed by atoms with Gasteiger partial charge in [-0.25, -0.2) is 0 Å². The van der Waals surface area contributed by atoms with Crippen LogP contribution in [-0.2, 0) is 14.3 Å². The van der Waals surface area contributed by atoms with Gasteiger partial charge in [0.25, 0.3) is 0 Å². The fourth-order valence-corrected chi connectivity index (χ4v) is 9.57. The Balaban J connectivity index is 3.45. The highest BCUT2D eigenvalue weighted by molar-refractivity contribution is 5.76. The first-order valence-electron chi connectivity index (χ1n) is 30.6. The van der Waals surface area contributed by atoms with Crippen LogP contribution in [-0.4, -0.2) is 47.4 Å². The number of carbonyl (C=O) groups is 2. The molecule has 0 spiro atoms. The van der Waals surface area contributed by atoms with E-state index in [2.05, 4.69) is 43.5 Å². The van der Waals surface area contributed by atoms with Crippen molar-refractivity contribution in [3.05, 3.63) is 24.3 Å². The number of esters is 1. The number of hydrogen-bond donors (Lipinski definition) is 3. The van der Waals surface area contributed by atoms with Crippen LogP contribution in [0.4, 0.5) is 0 Å². The zero-order valence-electron chi connectivity index (χ0n) is 45.9. The highest BCUT2D eigenvalue weighted by Gasteiger charge is 2.20. The van der Waals surface area contributed by atoms with Crippen molar-refractivity contribution in [2.75, 3.05) is 13.2 Å². The maximum absolute atomic E-state index is 12.5. The molecule has 402 valence electrons. The van der Waals surface area contributed by atoms with E-state index in [0.29, 0.717) is 25.9 Å². The summed E-state index contributed by atoms with van der Waals surface area (Å²) in [5.41, 5.74) is 0. The van der Waals surface area contributed by atoms with Gasteiger partial charge in [0.15, 0.2) is 0 Å². The predicted molar refractivity (Wildman–Crippen MR) is 296 cm³/mol. The number of aliphatic hydroxyl groups is 2. The molecular weight excluding hydrogens is 839 g/mol. The number of unbranched alkanes of at least 4 members (excludes halogenated alkanes) is 43. The van der Waals surface area contributed by atoms with Crippen molar-refractivity contribution < 1.29 is 24.5 Å². The van der Waals surface area contributed by atoms with E-state index >= 15 is 0 Å². The van der Waals surface area contributed by atoms with Gasteiger partial charge in [0.05, 0.1) is 25.4 Å². The number of hydrogen-bond acceptors (Lipinski definition) is 5. The summed E-state index contributed by atoms with van der Waals surface area (Å²) >= 11 is 0. The van der Waals surface area contributed by atoms with Gasteiger partial charge < -0.3 is 20.3 Å². The van der Waals surface area contributed by atoms with E-state index in [1.54, 1.807) is 0 Å². The van der Waals surface area contributed by atoms with Crippen LogP contribution in [0.5, 0.6) is 0 Å². The Hall–Kier alpha value is -1.66. The standard InChI is InChI=1S/C62H119NO5/c1-3-5-7-9-11-13-15-17-19-23-28-32-36-40-44-48-52-56-62(67)68-57-53-49-45-41-37-33-29-25-22-20-21-24-27-31-35-39-43-47-51-55-61(66)63-59(58-64)60(65)54-50-46-42-38-34-30-26-18-16-14-12-10-8-6-4-2/h25,29,33,37,59-60,64-65H,3-24,26-28,30-32,34-36,38-58H2,1-2H3,(H,63,66)/b29-25-,37-33-. The molecule has 3 N–H and O–H groups in total. The number of allylic oxidation sites excluding steroid dienone is 4. The lowest BCUT2D eigenvalue weighted by atomic mass is 10.0. The Morgan fingerprint density at radius 2 is 0.721 bits per heavy atom. The van der Waals surface area contributed by atoms with Crippen LogP contribution in [0.25, 0.3) is 0 Å². The molecular formula is C62H119NO5. The largest absolute Gasteiger partial charge is 0.466 e. The molecule has 0 radical (unpaired) electrons. The van der Waals surface area contributed by atoms with Crippen LogP contribution in [0.3, 0.4) is 0 Å². The van der Waals surface area contributed by atoms with E-state index < -0.39 is 12.1 Å². The van der Waals surface area contributed by atoms with Gasteiger partial charge in [0.1, 0.15) is 0 Å². The van der Waals surface area contributed by atoms with Gasteiger partial charge in [0.2, 0.25) is 5.91 Å². The van der Waals surface area contributed by atoms with Crippen LogP contribution in [0.1, 0.15) is 335 Å². The van der Waals surface area contributed by atoms with Crippen LogP contribution < -0.4 is 5.32 Å². The first-order valence-corrected chi connectivity index (χ1v) is 30.6. The van der Waals surface area contributed by atoms with Crippen molar-refractivity contribution in [1.82, 2.24) is 5.32 Å². The average Bonchev–Trinajstić information content (AvgIpc) is 3.34. The summed E-state index contributed by atoms with van der Waals surface area (Å²) < 4.78 is 5.47. The smallest absolute Gasteiger partial charge is 0.305 e. The molecule has 2 unspecified atom stereocenters. The fourth-order valence-electron chi connectivity index (χ4n) is 9.57. The van der Waals surface area contributed by atoms with E-state index in [9.17, 15) is 19.8 Å². The maximum atomic E-state index is 12.5. The molecule has 0 fully saturated rings. The molecule has 2 atom stereocenters. The summed E-state index contributed by atoms with van der Waals surface area (Å²) in [6.45, 7) is 4.94. The Morgan fingerprint density at radius 3 is 1.09 bits per heavy atom. The molecule has 1 amide bonds. The molecule has 0 rings (SSSR count). The Morgan fingerprint density at radius 1 is 0.412 bits per heavy atom. The minimum absolute atomic E-state index is 0.00896. The molecule has 0 aromatic carbocycles. The van der Waals surface area contributed by atoms with Gasteiger partial charge in [-0.05, 0) is 57.8 Å². The molecule has 6 heteroatoms. The zero-order valence-corrected chi connectivity index (χ0v) is 45.9. The van der Waals surface area contributed by atoms with Crippen molar-refractivity contribution in [3.63, 3.8) is 0 Å². The van der Waals surface area contributed by atoms with Crippen LogP contribution in [0, 0.1) is 0 Å². The van der Waals surface area contributed by atoms with Gasteiger partial charge in [-0.15, -0.1) is 0 Å². The van der Waals surface area contributed by atoms with E-state index in [1.165, 1.54) is 231 Å². The minimum atomic E-state index is -0.671. The fraction of sp³-hybridized carbons (Fsp3) is 0.903. The normalized spacial score (nSPS) is 12.7. The molecule has 0 aliphatic carbocycles. The lowest BCUT2D eigenvalue weighted by molar-refractivity contribution is -0.143. The summed E-state index contributed by atoms with van der Waals surface area (Å²) in [5.74, 6) is -0.0520. The van der Waals surface area contributed by atoms with Crippen LogP contribution in [0.15, 0.2) is 24.3 Å². The summed E-state index contributed by atoms with van der Waals surface area (Å²) in [6, 6.07) is -0.549. The summed E-state index contributed by atoms with van der Waals surface area (Å²) in [5, 5.41) is 23.3. The molecule has 0 heterocycles. The second-order valence-corrected chi connectivity index (χ2v) is 21.1. The molecule has 0 bridgehead atoms. The van der Waals surface area contributed by atoms with Gasteiger partial charge in [0, 0.05) is 12.8 Å². The van der Waals surface area contributed by atoms with Gasteiger partial charge >= 0.3 is 5.97 Å². The summed E-state index contributed by atoms with van der Waals surface area (Å²) in [4.78, 5) is 24.5. The third-order valence-electron chi connectivity index (χ3n) is 14.3. The molecule has 0 aromatic rings. The highest BCUT2D eigenvalue weighted by Crippen LogP contribution is 2.18. The lowest BCUT2D eigenvalue weighted by Gasteiger charge is -2.22. The second kappa shape index (κ2) is 57.9. The summed E-state index contributed by atoms with van der Waals surface area (Å²) in [7, 11) is 0. The number of ether oxygens (including phenoxy) is 1. The third kappa shape index (κ3) is 53.7. The van der Waals surface area contributed by atoms with E-state index in [0.717, 1.165) is 70.6 Å². The Kier molecular flexibility index (Phi) is 56.5. The molecule has 0 saturated heterocycles. The second-order valence-electron chi connectivity index (χ2n) is 21.1. The summed E-state index contributed by atoms with van der Waals surface area (Å²) in [6.07, 6.45) is 70.4. The quantitative estimate of drug-likeness (QED) is 0.0321. The molecule has 6 nitrogen and oxygen atoms in total. The SMILES string of the molecule is CCCCCCCCCCCCCCCCCCCC(=O)OCCCCC/C=C\C=C/CCCCCCCCCCCCC(=O)NC(CO)C(O)CCCCCCCCCCCCCCCCC. The van der Waals surface area contributed by atoms with E-state index in [-0.39, 0.29) is 18.5 Å². The van der Waals surface area contributed by atoms with Crippen molar-refractivity contribution in [3.8, 4) is 0 Å². The number of aliphatic hydroxyl groups excluding tert-OH is 2. The lowest BCUT2D eigenvalue weighted by Crippen LogP contribution is -2.45. The van der Waals surface area contributed by atoms with Crippen molar-refractivity contribution >= 4 is 11.9 Å². The number of rotatable bonds is 57. The minimum Gasteiger partial charge on any atom is -0.466 e. The van der Waals surface area contributed by atoms with Gasteiger partial charge in [-0.3, -0.25) is 9.59 Å². The first kappa shape index (κ1) is 66.3. The monoisotopic (exact) mass is 958 g/mol. The van der Waals surface area contributed by atoms with Crippen molar-refractivity contribution in [2.45, 2.75) is 347 Å². The van der Waals surface area contributed by atoms with E-state index in [1.807, 2.05) is 0 Å². The van der Waals surface area contributed by atoms with Crippen LogP contribution in [0.2, 0.25) is 0 Å². The van der Waals surface area contributed by atoms with E-state index in [4.69, 9.17) is 4.74 Å². The number of amides is 1. The highest BCUT2D eigenvalue weighted by atomic mass is 16.5. The van der Waals surface area contributed by atoms with Gasteiger partial charge in [-0.2, -0.15) is 0 Å². The first-order chi connectivity index (χ1) is 33.5. The zero-order chi connectivity index (χ0) is 49.3. The Bertz CT molecular complexity index is 1060. The molecule has 0 saturated carbocycles. The number of nitrogens with one attached hydrogen (secondary N) is 1. The average molecular weight is 959 g/mol. The van der Waals surface area contributed by atoms with Crippen molar-refractivity contribution in [1.29, 1.82) is 0 Å². The van der Waals surface area contributed by atoms with Gasteiger partial charge in [-0.1, -0.05) is 289 Å². The van der Waals surface area contributed by atoms with Crippen LogP contribution >= 0.6 is 0 Å².